The molecule has 19 heavy (non-hydrogen) atoms. The summed E-state index contributed by atoms with van der Waals surface area (Å²) in [5.41, 5.74) is 0.948. The van der Waals surface area contributed by atoms with Gasteiger partial charge in [-0.25, -0.2) is 8.42 Å². The van der Waals surface area contributed by atoms with E-state index >= 15 is 0 Å². The molecular weight excluding hydrogens is 286 g/mol. The SMILES string of the molecule is C=C(C)COCCNC(=O)CSC1CCS(=O)(=O)C1. The minimum atomic E-state index is -2.86. The molecule has 7 heteroatoms. The van der Waals surface area contributed by atoms with Crippen molar-refractivity contribution in [2.24, 2.45) is 0 Å². The summed E-state index contributed by atoms with van der Waals surface area (Å²) in [6.07, 6.45) is 0.655. The van der Waals surface area contributed by atoms with Crippen LogP contribution < -0.4 is 5.32 Å². The van der Waals surface area contributed by atoms with Crippen molar-refractivity contribution in [3.8, 4) is 0 Å². The zero-order valence-electron chi connectivity index (χ0n) is 11.2. The van der Waals surface area contributed by atoms with E-state index in [1.54, 1.807) is 0 Å². The number of sulfone groups is 1. The zero-order valence-corrected chi connectivity index (χ0v) is 12.8. The molecule has 0 aliphatic carbocycles. The number of hydrogen-bond donors (Lipinski definition) is 1. The van der Waals surface area contributed by atoms with Crippen LogP contribution in [-0.4, -0.2) is 56.6 Å². The Bertz CT molecular complexity index is 419. The molecule has 1 rings (SSSR count). The topological polar surface area (TPSA) is 72.5 Å². The third-order valence-corrected chi connectivity index (χ3v) is 5.84. The molecule has 1 saturated heterocycles. The van der Waals surface area contributed by atoms with E-state index in [9.17, 15) is 13.2 Å². The Hall–Kier alpha value is -0.530. The monoisotopic (exact) mass is 307 g/mol. The number of ether oxygens (including phenoxy) is 1. The number of carbonyl (C=O) groups excluding carboxylic acids is 1. The zero-order chi connectivity index (χ0) is 14.3. The standard InChI is InChI=1S/C12H21NO4S2/c1-10(2)7-17-5-4-13-12(14)8-18-11-3-6-19(15,16)9-11/h11H,1,3-9H2,2H3,(H,13,14). The molecule has 1 amide bonds. The molecule has 0 radical (unpaired) electrons. The number of rotatable bonds is 8. The Kier molecular flexibility index (Phi) is 6.88. The molecule has 1 aliphatic rings. The van der Waals surface area contributed by atoms with Crippen LogP contribution in [-0.2, 0) is 19.4 Å². The Morgan fingerprint density at radius 3 is 2.84 bits per heavy atom. The molecule has 1 aliphatic heterocycles. The fourth-order valence-corrected chi connectivity index (χ4v) is 5.12. The fraction of sp³-hybridized carbons (Fsp3) is 0.750. The minimum Gasteiger partial charge on any atom is -0.375 e. The van der Waals surface area contributed by atoms with Crippen LogP contribution in [0.3, 0.4) is 0 Å². The normalized spacial score (nSPS) is 21.2. The molecule has 1 unspecified atom stereocenters. The van der Waals surface area contributed by atoms with Crippen molar-refractivity contribution in [3.05, 3.63) is 12.2 Å². The first-order chi connectivity index (χ1) is 8.89. The molecule has 1 N–H and O–H groups in total. The highest BCUT2D eigenvalue weighted by Crippen LogP contribution is 2.23. The lowest BCUT2D eigenvalue weighted by atomic mass is 10.4. The average molecular weight is 307 g/mol. The molecule has 5 nitrogen and oxygen atoms in total. The number of carbonyl (C=O) groups is 1. The highest BCUT2D eigenvalue weighted by molar-refractivity contribution is 8.02. The first-order valence-electron chi connectivity index (χ1n) is 6.20. The quantitative estimate of drug-likeness (QED) is 0.525. The van der Waals surface area contributed by atoms with Crippen molar-refractivity contribution >= 4 is 27.5 Å². The smallest absolute Gasteiger partial charge is 0.230 e. The lowest BCUT2D eigenvalue weighted by molar-refractivity contribution is -0.118. The van der Waals surface area contributed by atoms with Gasteiger partial charge in [-0.15, -0.1) is 11.8 Å². The molecule has 0 saturated carbocycles. The van der Waals surface area contributed by atoms with E-state index in [1.807, 2.05) is 6.92 Å². The van der Waals surface area contributed by atoms with Crippen LogP contribution in [0.2, 0.25) is 0 Å². The summed E-state index contributed by atoms with van der Waals surface area (Å²) in [5.74, 6) is 0.683. The summed E-state index contributed by atoms with van der Waals surface area (Å²) >= 11 is 1.42. The van der Waals surface area contributed by atoms with Gasteiger partial charge in [0.25, 0.3) is 0 Å². The fourth-order valence-electron chi connectivity index (χ4n) is 1.65. The number of hydrogen-bond acceptors (Lipinski definition) is 5. The maximum atomic E-state index is 11.5. The van der Waals surface area contributed by atoms with Gasteiger partial charge in [-0.3, -0.25) is 4.79 Å². The number of thioether (sulfide) groups is 1. The van der Waals surface area contributed by atoms with Gasteiger partial charge in [0.2, 0.25) is 5.91 Å². The Morgan fingerprint density at radius 1 is 1.53 bits per heavy atom. The van der Waals surface area contributed by atoms with Gasteiger partial charge < -0.3 is 10.1 Å². The lowest BCUT2D eigenvalue weighted by Crippen LogP contribution is -2.29. The predicted molar refractivity (Wildman–Crippen MR) is 78.2 cm³/mol. The summed E-state index contributed by atoms with van der Waals surface area (Å²) in [6.45, 7) is 7.02. The van der Waals surface area contributed by atoms with Crippen LogP contribution in [0.5, 0.6) is 0 Å². The molecule has 1 atom stereocenters. The van der Waals surface area contributed by atoms with Gasteiger partial charge in [0, 0.05) is 11.8 Å². The molecule has 0 aromatic rings. The van der Waals surface area contributed by atoms with Crippen LogP contribution in [0.15, 0.2) is 12.2 Å². The van der Waals surface area contributed by atoms with Crippen LogP contribution in [0.25, 0.3) is 0 Å². The van der Waals surface area contributed by atoms with Crippen molar-refractivity contribution in [1.29, 1.82) is 0 Å². The van der Waals surface area contributed by atoms with E-state index in [-0.39, 0.29) is 22.7 Å². The van der Waals surface area contributed by atoms with Crippen molar-refractivity contribution in [1.82, 2.24) is 5.32 Å². The number of amides is 1. The van der Waals surface area contributed by atoms with E-state index in [4.69, 9.17) is 4.74 Å². The Labute approximate surface area is 119 Å². The predicted octanol–water partition coefficient (Wildman–Crippen LogP) is 0.616. The minimum absolute atomic E-state index is 0.0652. The molecule has 1 heterocycles. The molecule has 0 spiro atoms. The maximum absolute atomic E-state index is 11.5. The van der Waals surface area contributed by atoms with Crippen molar-refractivity contribution in [2.75, 3.05) is 37.0 Å². The second-order valence-corrected chi connectivity index (χ2v) is 8.21. The molecule has 110 valence electrons. The largest absolute Gasteiger partial charge is 0.375 e. The van der Waals surface area contributed by atoms with Gasteiger partial charge in [-0.1, -0.05) is 12.2 Å². The molecule has 0 bridgehead atoms. The third-order valence-electron chi connectivity index (χ3n) is 2.56. The molecular formula is C12H21NO4S2. The van der Waals surface area contributed by atoms with Crippen LogP contribution >= 0.6 is 11.8 Å². The van der Waals surface area contributed by atoms with E-state index in [1.165, 1.54) is 11.8 Å². The van der Waals surface area contributed by atoms with E-state index in [0.29, 0.717) is 31.9 Å². The van der Waals surface area contributed by atoms with Gasteiger partial charge in [0.15, 0.2) is 9.84 Å². The van der Waals surface area contributed by atoms with Crippen molar-refractivity contribution in [3.63, 3.8) is 0 Å². The summed E-state index contributed by atoms with van der Waals surface area (Å²) in [5, 5.41) is 2.80. The highest BCUT2D eigenvalue weighted by Gasteiger charge is 2.28. The van der Waals surface area contributed by atoms with E-state index < -0.39 is 9.84 Å². The first-order valence-corrected chi connectivity index (χ1v) is 9.07. The average Bonchev–Trinajstić information content (AvgIpc) is 2.65. The van der Waals surface area contributed by atoms with Crippen LogP contribution in [0, 0.1) is 0 Å². The van der Waals surface area contributed by atoms with Crippen LogP contribution in [0.1, 0.15) is 13.3 Å². The summed E-state index contributed by atoms with van der Waals surface area (Å²) in [7, 11) is -2.86. The van der Waals surface area contributed by atoms with E-state index in [2.05, 4.69) is 11.9 Å². The second-order valence-electron chi connectivity index (χ2n) is 4.70. The number of nitrogens with one attached hydrogen (secondary N) is 1. The highest BCUT2D eigenvalue weighted by atomic mass is 32.2. The summed E-state index contributed by atoms with van der Waals surface area (Å²) in [6, 6.07) is 0. The van der Waals surface area contributed by atoms with Gasteiger partial charge in [-0.2, -0.15) is 0 Å². The van der Waals surface area contributed by atoms with Gasteiger partial charge in [0.05, 0.1) is 30.5 Å². The van der Waals surface area contributed by atoms with Crippen molar-refractivity contribution < 1.29 is 17.9 Å². The molecule has 1 fully saturated rings. The van der Waals surface area contributed by atoms with Gasteiger partial charge >= 0.3 is 0 Å². The Morgan fingerprint density at radius 2 is 2.26 bits per heavy atom. The lowest BCUT2D eigenvalue weighted by Gasteiger charge is -2.08. The van der Waals surface area contributed by atoms with Gasteiger partial charge in [-0.05, 0) is 13.3 Å². The van der Waals surface area contributed by atoms with Gasteiger partial charge in [0.1, 0.15) is 0 Å². The van der Waals surface area contributed by atoms with Crippen LogP contribution in [0.4, 0.5) is 0 Å². The maximum Gasteiger partial charge on any atom is 0.230 e. The second kappa shape index (κ2) is 7.91. The molecule has 0 aromatic carbocycles. The van der Waals surface area contributed by atoms with E-state index in [0.717, 1.165) is 5.57 Å². The molecule has 0 aromatic heterocycles. The summed E-state index contributed by atoms with van der Waals surface area (Å²) < 4.78 is 27.7. The third kappa shape index (κ3) is 7.59. The Balaban J connectivity index is 2.04. The first kappa shape index (κ1) is 16.5. The summed E-state index contributed by atoms with van der Waals surface area (Å²) in [4.78, 5) is 11.5. The van der Waals surface area contributed by atoms with Crippen molar-refractivity contribution in [2.45, 2.75) is 18.6 Å².